The van der Waals surface area contributed by atoms with Crippen molar-refractivity contribution in [2.24, 2.45) is 5.92 Å². The molecule has 1 aliphatic carbocycles. The molecule has 2 aliphatic rings. The number of rotatable bonds is 6. The Labute approximate surface area is 158 Å². The fourth-order valence-electron chi connectivity index (χ4n) is 3.13. The van der Waals surface area contributed by atoms with Crippen LogP contribution in [0, 0.1) is 11.7 Å². The molecular formula is C17H23ClFN3O3S. The SMILES string of the molecule is CC(NC(=O)CN1CCN(S(=O)(=O)c2ccc(F)c(Cl)c2)CC1)C1CC1. The van der Waals surface area contributed by atoms with Gasteiger partial charge in [0.05, 0.1) is 16.5 Å². The van der Waals surface area contributed by atoms with Crippen LogP contribution in [0.15, 0.2) is 23.1 Å². The molecule has 1 N–H and O–H groups in total. The molecule has 9 heteroatoms. The first-order valence-electron chi connectivity index (χ1n) is 8.74. The number of nitrogens with zero attached hydrogens (tertiary/aromatic N) is 2. The molecule has 3 rings (SSSR count). The number of hydrogen-bond acceptors (Lipinski definition) is 4. The highest BCUT2D eigenvalue weighted by Gasteiger charge is 2.31. The molecule has 1 saturated heterocycles. The van der Waals surface area contributed by atoms with Crippen LogP contribution < -0.4 is 5.32 Å². The molecule has 2 fully saturated rings. The summed E-state index contributed by atoms with van der Waals surface area (Å²) in [6.45, 7) is 3.80. The highest BCUT2D eigenvalue weighted by molar-refractivity contribution is 7.89. The van der Waals surface area contributed by atoms with Crippen LogP contribution in [0.1, 0.15) is 19.8 Å². The van der Waals surface area contributed by atoms with Crippen molar-refractivity contribution in [1.29, 1.82) is 0 Å². The topological polar surface area (TPSA) is 69.7 Å². The van der Waals surface area contributed by atoms with Crippen molar-refractivity contribution < 1.29 is 17.6 Å². The number of amides is 1. The third-order valence-corrected chi connectivity index (χ3v) is 7.13. The van der Waals surface area contributed by atoms with Crippen molar-refractivity contribution >= 4 is 27.5 Å². The molecule has 0 radical (unpaired) electrons. The summed E-state index contributed by atoms with van der Waals surface area (Å²) in [6.07, 6.45) is 2.34. The van der Waals surface area contributed by atoms with Gasteiger partial charge in [-0.2, -0.15) is 4.31 Å². The second-order valence-corrected chi connectivity index (χ2v) is 9.29. The second kappa shape index (κ2) is 7.80. The highest BCUT2D eigenvalue weighted by Crippen LogP contribution is 2.32. The number of carbonyl (C=O) groups excluding carboxylic acids is 1. The van der Waals surface area contributed by atoms with Crippen LogP contribution in [-0.2, 0) is 14.8 Å². The molecule has 0 bridgehead atoms. The summed E-state index contributed by atoms with van der Waals surface area (Å²) in [5.41, 5.74) is 0. The molecular weight excluding hydrogens is 381 g/mol. The van der Waals surface area contributed by atoms with Crippen molar-refractivity contribution in [3.8, 4) is 0 Å². The van der Waals surface area contributed by atoms with Gasteiger partial charge in [0.25, 0.3) is 0 Å². The molecule has 0 aromatic heterocycles. The van der Waals surface area contributed by atoms with Crippen LogP contribution >= 0.6 is 11.6 Å². The maximum absolute atomic E-state index is 13.3. The number of halogens is 2. The van der Waals surface area contributed by atoms with E-state index in [1.807, 2.05) is 11.8 Å². The maximum atomic E-state index is 13.3. The van der Waals surface area contributed by atoms with Gasteiger partial charge in [0.1, 0.15) is 5.82 Å². The van der Waals surface area contributed by atoms with E-state index < -0.39 is 15.8 Å². The Morgan fingerprint density at radius 2 is 1.96 bits per heavy atom. The molecule has 1 aromatic rings. The van der Waals surface area contributed by atoms with E-state index in [4.69, 9.17) is 11.6 Å². The molecule has 26 heavy (non-hydrogen) atoms. The zero-order valence-corrected chi connectivity index (χ0v) is 16.2. The van der Waals surface area contributed by atoms with Crippen LogP contribution in [0.4, 0.5) is 4.39 Å². The molecule has 1 unspecified atom stereocenters. The average molecular weight is 404 g/mol. The molecule has 0 spiro atoms. The lowest BCUT2D eigenvalue weighted by Crippen LogP contribution is -2.51. The van der Waals surface area contributed by atoms with Gasteiger partial charge in [0.2, 0.25) is 15.9 Å². The Kier molecular flexibility index (Phi) is 5.86. The minimum Gasteiger partial charge on any atom is -0.352 e. The van der Waals surface area contributed by atoms with Gasteiger partial charge in [0, 0.05) is 32.2 Å². The minimum absolute atomic E-state index is 0.0200. The van der Waals surface area contributed by atoms with Crippen molar-refractivity contribution in [3.05, 3.63) is 29.0 Å². The predicted octanol–water partition coefficient (Wildman–Crippen LogP) is 1.70. The van der Waals surface area contributed by atoms with Gasteiger partial charge in [-0.05, 0) is 43.9 Å². The summed E-state index contributed by atoms with van der Waals surface area (Å²) in [6, 6.07) is 3.60. The Hall–Kier alpha value is -1.22. The first kappa shape index (κ1) is 19.5. The zero-order chi connectivity index (χ0) is 18.9. The van der Waals surface area contributed by atoms with Crippen LogP contribution in [0.25, 0.3) is 0 Å². The summed E-state index contributed by atoms with van der Waals surface area (Å²) in [5.74, 6) is -0.0728. The average Bonchev–Trinajstić information content (AvgIpc) is 3.42. The lowest BCUT2D eigenvalue weighted by molar-refractivity contribution is -0.123. The van der Waals surface area contributed by atoms with Crippen molar-refractivity contribution in [2.45, 2.75) is 30.7 Å². The smallest absolute Gasteiger partial charge is 0.243 e. The number of carbonyl (C=O) groups is 1. The van der Waals surface area contributed by atoms with Crippen LogP contribution in [0.5, 0.6) is 0 Å². The number of piperazine rings is 1. The summed E-state index contributed by atoms with van der Waals surface area (Å²) in [5, 5.41) is 2.79. The number of hydrogen-bond donors (Lipinski definition) is 1. The molecule has 1 saturated carbocycles. The predicted molar refractivity (Wildman–Crippen MR) is 96.9 cm³/mol. The quantitative estimate of drug-likeness (QED) is 0.784. The molecule has 6 nitrogen and oxygen atoms in total. The van der Waals surface area contributed by atoms with E-state index >= 15 is 0 Å². The van der Waals surface area contributed by atoms with Crippen LogP contribution in [0.3, 0.4) is 0 Å². The standard InChI is InChI=1S/C17H23ClFN3O3S/c1-12(13-2-3-13)20-17(23)11-21-6-8-22(9-7-21)26(24,25)14-4-5-16(19)15(18)10-14/h4-5,10,12-13H,2-3,6-9,11H2,1H3,(H,20,23). The third kappa shape index (κ3) is 4.54. The summed E-state index contributed by atoms with van der Waals surface area (Å²) in [4.78, 5) is 14.0. The van der Waals surface area contributed by atoms with E-state index in [-0.39, 0.29) is 41.5 Å². The highest BCUT2D eigenvalue weighted by atomic mass is 35.5. The monoisotopic (exact) mass is 403 g/mol. The van der Waals surface area contributed by atoms with Gasteiger partial charge >= 0.3 is 0 Å². The van der Waals surface area contributed by atoms with Gasteiger partial charge in [-0.15, -0.1) is 0 Å². The summed E-state index contributed by atoms with van der Waals surface area (Å²) >= 11 is 5.70. The second-order valence-electron chi connectivity index (χ2n) is 6.95. The zero-order valence-electron chi connectivity index (χ0n) is 14.6. The van der Waals surface area contributed by atoms with Gasteiger partial charge < -0.3 is 5.32 Å². The molecule has 1 atom stereocenters. The molecule has 1 amide bonds. The van der Waals surface area contributed by atoms with Crippen molar-refractivity contribution in [3.63, 3.8) is 0 Å². The minimum atomic E-state index is -3.72. The summed E-state index contributed by atoms with van der Waals surface area (Å²) in [7, 11) is -3.72. The molecule has 144 valence electrons. The molecule has 1 aliphatic heterocycles. The van der Waals surface area contributed by atoms with Crippen LogP contribution in [-0.4, -0.2) is 62.3 Å². The number of sulfonamides is 1. The lowest BCUT2D eigenvalue weighted by atomic mass is 10.2. The first-order chi connectivity index (χ1) is 12.3. The maximum Gasteiger partial charge on any atom is 0.243 e. The third-order valence-electron chi connectivity index (χ3n) is 4.95. The lowest BCUT2D eigenvalue weighted by Gasteiger charge is -2.33. The molecule has 1 aromatic carbocycles. The van der Waals surface area contributed by atoms with E-state index in [9.17, 15) is 17.6 Å². The number of benzene rings is 1. The number of nitrogens with one attached hydrogen (secondary N) is 1. The first-order valence-corrected chi connectivity index (χ1v) is 10.6. The largest absolute Gasteiger partial charge is 0.352 e. The Morgan fingerprint density at radius 3 is 2.54 bits per heavy atom. The van der Waals surface area contributed by atoms with Gasteiger partial charge in [-0.25, -0.2) is 12.8 Å². The Balaban J connectivity index is 1.53. The van der Waals surface area contributed by atoms with E-state index in [1.54, 1.807) is 0 Å². The van der Waals surface area contributed by atoms with Gasteiger partial charge in [-0.1, -0.05) is 11.6 Å². The van der Waals surface area contributed by atoms with Gasteiger partial charge in [-0.3, -0.25) is 9.69 Å². The normalized spacial score (nSPS) is 20.7. The van der Waals surface area contributed by atoms with E-state index in [0.717, 1.165) is 12.1 Å². The van der Waals surface area contributed by atoms with E-state index in [1.165, 1.54) is 23.2 Å². The fourth-order valence-corrected chi connectivity index (χ4v) is 4.83. The van der Waals surface area contributed by atoms with Gasteiger partial charge in [0.15, 0.2) is 0 Å². The summed E-state index contributed by atoms with van der Waals surface area (Å²) < 4.78 is 39.9. The van der Waals surface area contributed by atoms with Crippen LogP contribution in [0.2, 0.25) is 5.02 Å². The van der Waals surface area contributed by atoms with E-state index in [2.05, 4.69) is 5.32 Å². The van der Waals surface area contributed by atoms with E-state index in [0.29, 0.717) is 19.0 Å². The fraction of sp³-hybridized carbons (Fsp3) is 0.588. The Bertz CT molecular complexity index is 777. The molecule has 1 heterocycles. The van der Waals surface area contributed by atoms with Crippen molar-refractivity contribution in [2.75, 3.05) is 32.7 Å². The Morgan fingerprint density at radius 1 is 1.31 bits per heavy atom. The van der Waals surface area contributed by atoms with Crippen molar-refractivity contribution in [1.82, 2.24) is 14.5 Å².